The molecular formula is C15H20N2OS. The standard InChI is InChI=1S/C15H20N2OS/c1-11(2)13-10-16-15(19)17(13)9-8-12-6-4-5-7-14(12)18-3/h4-7,10-11H,8-9H2,1-3H3,(H,16,19). The third-order valence-corrected chi connectivity index (χ3v) is 3.63. The zero-order chi connectivity index (χ0) is 13.8. The number of nitrogens with one attached hydrogen (secondary N) is 1. The molecule has 0 saturated carbocycles. The number of aryl methyl sites for hydroxylation is 1. The first-order valence-electron chi connectivity index (χ1n) is 6.53. The molecule has 1 aromatic heterocycles. The third-order valence-electron chi connectivity index (χ3n) is 3.29. The van der Waals surface area contributed by atoms with Gasteiger partial charge in [0, 0.05) is 18.4 Å². The van der Waals surface area contributed by atoms with Gasteiger partial charge in [0.15, 0.2) is 4.77 Å². The SMILES string of the molecule is COc1ccccc1CCn1c(C(C)C)c[nH]c1=S. The number of imidazole rings is 1. The summed E-state index contributed by atoms with van der Waals surface area (Å²) in [6, 6.07) is 8.13. The van der Waals surface area contributed by atoms with Crippen molar-refractivity contribution in [1.82, 2.24) is 9.55 Å². The van der Waals surface area contributed by atoms with Crippen LogP contribution in [-0.2, 0) is 13.0 Å². The van der Waals surface area contributed by atoms with Crippen LogP contribution in [0, 0.1) is 4.77 Å². The molecule has 1 N–H and O–H groups in total. The molecule has 0 radical (unpaired) electrons. The lowest BCUT2D eigenvalue weighted by Gasteiger charge is -2.12. The van der Waals surface area contributed by atoms with E-state index in [9.17, 15) is 0 Å². The first-order chi connectivity index (χ1) is 9.13. The largest absolute Gasteiger partial charge is 0.496 e. The summed E-state index contributed by atoms with van der Waals surface area (Å²) in [6.07, 6.45) is 2.92. The molecule has 0 atom stereocenters. The van der Waals surface area contributed by atoms with E-state index in [1.54, 1.807) is 7.11 Å². The van der Waals surface area contributed by atoms with Gasteiger partial charge in [0.1, 0.15) is 5.75 Å². The van der Waals surface area contributed by atoms with Crippen LogP contribution >= 0.6 is 12.2 Å². The zero-order valence-electron chi connectivity index (χ0n) is 11.6. The molecule has 0 fully saturated rings. The summed E-state index contributed by atoms with van der Waals surface area (Å²) in [6.45, 7) is 5.23. The van der Waals surface area contributed by atoms with E-state index in [0.29, 0.717) is 5.92 Å². The molecule has 19 heavy (non-hydrogen) atoms. The van der Waals surface area contributed by atoms with Crippen molar-refractivity contribution in [2.75, 3.05) is 7.11 Å². The number of hydrogen-bond donors (Lipinski definition) is 1. The van der Waals surface area contributed by atoms with Crippen molar-refractivity contribution < 1.29 is 4.74 Å². The number of aromatic nitrogens is 2. The molecule has 0 amide bonds. The molecule has 0 spiro atoms. The van der Waals surface area contributed by atoms with E-state index in [1.165, 1.54) is 11.3 Å². The Morgan fingerprint density at radius 1 is 1.32 bits per heavy atom. The van der Waals surface area contributed by atoms with Crippen LogP contribution in [0.2, 0.25) is 0 Å². The number of aromatic amines is 1. The number of H-pyrrole nitrogens is 1. The van der Waals surface area contributed by atoms with Gasteiger partial charge in [-0.3, -0.25) is 0 Å². The lowest BCUT2D eigenvalue weighted by molar-refractivity contribution is 0.408. The highest BCUT2D eigenvalue weighted by atomic mass is 32.1. The van der Waals surface area contributed by atoms with Gasteiger partial charge in [0.25, 0.3) is 0 Å². The first-order valence-corrected chi connectivity index (χ1v) is 6.94. The first kappa shape index (κ1) is 13.9. The molecule has 2 rings (SSSR count). The Morgan fingerprint density at radius 3 is 2.74 bits per heavy atom. The Kier molecular flexibility index (Phi) is 4.43. The molecular weight excluding hydrogens is 256 g/mol. The number of ether oxygens (including phenoxy) is 1. The average molecular weight is 276 g/mol. The molecule has 0 aliphatic heterocycles. The third kappa shape index (κ3) is 3.07. The van der Waals surface area contributed by atoms with Crippen LogP contribution in [0.4, 0.5) is 0 Å². The highest BCUT2D eigenvalue weighted by Crippen LogP contribution is 2.20. The summed E-state index contributed by atoms with van der Waals surface area (Å²) in [5, 5.41) is 0. The van der Waals surface area contributed by atoms with Crippen LogP contribution < -0.4 is 4.74 Å². The van der Waals surface area contributed by atoms with Crippen LogP contribution in [-0.4, -0.2) is 16.7 Å². The molecule has 0 saturated heterocycles. The van der Waals surface area contributed by atoms with Gasteiger partial charge in [0.05, 0.1) is 7.11 Å². The Bertz CT molecular complexity index is 598. The molecule has 1 heterocycles. The van der Waals surface area contributed by atoms with E-state index >= 15 is 0 Å². The molecule has 0 aliphatic carbocycles. The fraction of sp³-hybridized carbons (Fsp3) is 0.400. The van der Waals surface area contributed by atoms with Gasteiger partial charge in [-0.2, -0.15) is 0 Å². The minimum Gasteiger partial charge on any atom is -0.496 e. The smallest absolute Gasteiger partial charge is 0.177 e. The molecule has 4 heteroatoms. The number of hydrogen-bond acceptors (Lipinski definition) is 2. The summed E-state index contributed by atoms with van der Waals surface area (Å²) < 4.78 is 8.34. The van der Waals surface area contributed by atoms with Gasteiger partial charge >= 0.3 is 0 Å². The zero-order valence-corrected chi connectivity index (χ0v) is 12.5. The van der Waals surface area contributed by atoms with E-state index in [0.717, 1.165) is 23.5 Å². The molecule has 3 nitrogen and oxygen atoms in total. The summed E-state index contributed by atoms with van der Waals surface area (Å²) in [4.78, 5) is 3.13. The second-order valence-electron chi connectivity index (χ2n) is 4.89. The minimum atomic E-state index is 0.464. The number of benzene rings is 1. The number of methoxy groups -OCH3 is 1. The molecule has 0 aliphatic rings. The number of nitrogens with zero attached hydrogens (tertiary/aromatic N) is 1. The van der Waals surface area contributed by atoms with Gasteiger partial charge in [-0.25, -0.2) is 0 Å². The summed E-state index contributed by atoms with van der Waals surface area (Å²) in [5.74, 6) is 1.40. The van der Waals surface area contributed by atoms with E-state index in [2.05, 4.69) is 29.5 Å². The van der Waals surface area contributed by atoms with Gasteiger partial charge in [-0.1, -0.05) is 32.0 Å². The second kappa shape index (κ2) is 6.06. The number of rotatable bonds is 5. The van der Waals surface area contributed by atoms with Crippen molar-refractivity contribution in [2.24, 2.45) is 0 Å². The van der Waals surface area contributed by atoms with Crippen molar-refractivity contribution in [1.29, 1.82) is 0 Å². The Balaban J connectivity index is 2.19. The Labute approximate surface area is 119 Å². The summed E-state index contributed by atoms with van der Waals surface area (Å²) >= 11 is 5.34. The maximum atomic E-state index is 5.38. The predicted molar refractivity (Wildman–Crippen MR) is 80.4 cm³/mol. The van der Waals surface area contributed by atoms with Gasteiger partial charge < -0.3 is 14.3 Å². The lowest BCUT2D eigenvalue weighted by atomic mass is 10.1. The molecule has 2 aromatic rings. The van der Waals surface area contributed by atoms with E-state index in [-0.39, 0.29) is 0 Å². The topological polar surface area (TPSA) is 29.9 Å². The average Bonchev–Trinajstić information content (AvgIpc) is 2.78. The highest BCUT2D eigenvalue weighted by Gasteiger charge is 2.09. The van der Waals surface area contributed by atoms with E-state index in [1.807, 2.05) is 24.4 Å². The second-order valence-corrected chi connectivity index (χ2v) is 5.27. The maximum Gasteiger partial charge on any atom is 0.177 e. The van der Waals surface area contributed by atoms with Crippen LogP contribution in [0.25, 0.3) is 0 Å². The van der Waals surface area contributed by atoms with Crippen molar-refractivity contribution >= 4 is 12.2 Å². The van der Waals surface area contributed by atoms with Crippen LogP contribution in [0.15, 0.2) is 30.5 Å². The van der Waals surface area contributed by atoms with Crippen molar-refractivity contribution in [3.8, 4) is 5.75 Å². The van der Waals surface area contributed by atoms with Gasteiger partial charge in [0.2, 0.25) is 0 Å². The molecule has 102 valence electrons. The van der Waals surface area contributed by atoms with Crippen LogP contribution in [0.1, 0.15) is 31.0 Å². The minimum absolute atomic E-state index is 0.464. The van der Waals surface area contributed by atoms with E-state index in [4.69, 9.17) is 17.0 Å². The molecule has 0 unspecified atom stereocenters. The number of para-hydroxylation sites is 1. The van der Waals surface area contributed by atoms with Crippen LogP contribution in [0.3, 0.4) is 0 Å². The lowest BCUT2D eigenvalue weighted by Crippen LogP contribution is -2.07. The fourth-order valence-electron chi connectivity index (χ4n) is 2.26. The van der Waals surface area contributed by atoms with Gasteiger partial charge in [-0.15, -0.1) is 0 Å². The summed E-state index contributed by atoms with van der Waals surface area (Å²) in [7, 11) is 1.71. The Morgan fingerprint density at radius 2 is 2.05 bits per heavy atom. The Hall–Kier alpha value is -1.55. The van der Waals surface area contributed by atoms with Crippen LogP contribution in [0.5, 0.6) is 5.75 Å². The highest BCUT2D eigenvalue weighted by molar-refractivity contribution is 7.71. The van der Waals surface area contributed by atoms with Crippen molar-refractivity contribution in [2.45, 2.75) is 32.7 Å². The van der Waals surface area contributed by atoms with Gasteiger partial charge in [-0.05, 0) is 36.2 Å². The van der Waals surface area contributed by atoms with Crippen molar-refractivity contribution in [3.05, 3.63) is 46.5 Å². The quantitative estimate of drug-likeness (QED) is 0.839. The predicted octanol–water partition coefficient (Wildman–Crippen LogP) is 3.92. The van der Waals surface area contributed by atoms with E-state index < -0.39 is 0 Å². The maximum absolute atomic E-state index is 5.38. The monoisotopic (exact) mass is 276 g/mol. The fourth-order valence-corrected chi connectivity index (χ4v) is 2.52. The van der Waals surface area contributed by atoms with Crippen molar-refractivity contribution in [3.63, 3.8) is 0 Å². The normalized spacial score (nSPS) is 10.9. The summed E-state index contributed by atoms with van der Waals surface area (Å²) in [5.41, 5.74) is 2.46. The molecule has 1 aromatic carbocycles. The molecule has 0 bridgehead atoms.